The number of carbonyl (C=O) groups excluding carboxylic acids is 2. The van der Waals surface area contributed by atoms with E-state index in [4.69, 9.17) is 9.47 Å². The molecule has 33 heavy (non-hydrogen) atoms. The molecule has 0 N–H and O–H groups in total. The van der Waals surface area contributed by atoms with Crippen LogP contribution in [-0.4, -0.2) is 45.2 Å². The van der Waals surface area contributed by atoms with Gasteiger partial charge < -0.3 is 18.6 Å². The van der Waals surface area contributed by atoms with Crippen molar-refractivity contribution in [1.82, 2.24) is 14.1 Å². The molecule has 1 fully saturated rings. The maximum absolute atomic E-state index is 12.9. The lowest BCUT2D eigenvalue weighted by atomic mass is 10.1. The van der Waals surface area contributed by atoms with E-state index < -0.39 is 18.0 Å². The second kappa shape index (κ2) is 9.31. The van der Waals surface area contributed by atoms with Gasteiger partial charge in [-0.05, 0) is 58.7 Å². The van der Waals surface area contributed by atoms with E-state index in [1.807, 2.05) is 33.8 Å². The van der Waals surface area contributed by atoms with Crippen LogP contribution in [0.5, 0.6) is 0 Å². The Labute approximate surface area is 192 Å². The number of carbonyl (C=O) groups is 2. The lowest BCUT2D eigenvalue weighted by Crippen LogP contribution is -2.23. The summed E-state index contributed by atoms with van der Waals surface area (Å²) >= 11 is 0. The van der Waals surface area contributed by atoms with Gasteiger partial charge in [0.2, 0.25) is 11.2 Å². The minimum atomic E-state index is -0.814. The van der Waals surface area contributed by atoms with E-state index in [-0.39, 0.29) is 17.5 Å². The molecule has 0 aliphatic carbocycles. The zero-order chi connectivity index (χ0) is 23.7. The number of rotatable bonds is 7. The minimum absolute atomic E-state index is 0.105. The van der Waals surface area contributed by atoms with Crippen molar-refractivity contribution in [2.24, 2.45) is 0 Å². The van der Waals surface area contributed by atoms with Crippen LogP contribution < -0.4 is 5.43 Å². The van der Waals surface area contributed by atoms with Gasteiger partial charge in [0, 0.05) is 48.5 Å². The maximum atomic E-state index is 12.9. The summed E-state index contributed by atoms with van der Waals surface area (Å²) in [5.74, 6) is -1.12. The van der Waals surface area contributed by atoms with Gasteiger partial charge in [0.25, 0.3) is 0 Å². The molecule has 1 atom stereocenters. The third kappa shape index (κ3) is 4.48. The molecule has 0 radical (unpaired) electrons. The van der Waals surface area contributed by atoms with Crippen LogP contribution in [0.3, 0.4) is 0 Å². The highest BCUT2D eigenvalue weighted by Gasteiger charge is 2.23. The van der Waals surface area contributed by atoms with Crippen molar-refractivity contribution in [2.75, 3.05) is 13.2 Å². The van der Waals surface area contributed by atoms with Crippen LogP contribution in [0.1, 0.15) is 57.6 Å². The standard InChI is InChI=1S/C25H29N3O5/c1-5-27-13-21(23(30)19-9-8-15(2)26-24(19)27)25(31)33-14-22(29)20-11-16(3)28(17(20)4)12-18-7-6-10-32-18/h8-9,11,13,18H,5-7,10,12,14H2,1-4H3. The van der Waals surface area contributed by atoms with Crippen LogP contribution >= 0.6 is 0 Å². The molecule has 0 amide bonds. The van der Waals surface area contributed by atoms with E-state index in [0.29, 0.717) is 29.7 Å². The normalized spacial score (nSPS) is 15.8. The molecule has 0 saturated carbocycles. The van der Waals surface area contributed by atoms with Gasteiger partial charge in [0.15, 0.2) is 6.61 Å². The van der Waals surface area contributed by atoms with E-state index in [1.54, 1.807) is 16.7 Å². The molecule has 1 aliphatic heterocycles. The Kier molecular flexibility index (Phi) is 6.47. The molecule has 4 heterocycles. The molecule has 0 spiro atoms. The molecular weight excluding hydrogens is 422 g/mol. The second-order valence-corrected chi connectivity index (χ2v) is 8.51. The summed E-state index contributed by atoms with van der Waals surface area (Å²) in [5.41, 5.74) is 3.05. The molecule has 1 saturated heterocycles. The minimum Gasteiger partial charge on any atom is -0.454 e. The lowest BCUT2D eigenvalue weighted by molar-refractivity contribution is 0.0472. The summed E-state index contributed by atoms with van der Waals surface area (Å²) < 4.78 is 14.8. The SMILES string of the molecule is CCn1cc(C(=O)OCC(=O)c2cc(C)n(CC3CCCO3)c2C)c(=O)c2ccc(C)nc21. The highest BCUT2D eigenvalue weighted by molar-refractivity contribution is 6.01. The van der Waals surface area contributed by atoms with Crippen molar-refractivity contribution in [3.05, 3.63) is 62.8 Å². The zero-order valence-electron chi connectivity index (χ0n) is 19.5. The first-order valence-corrected chi connectivity index (χ1v) is 11.3. The molecule has 4 rings (SSSR count). The number of aromatic nitrogens is 3. The van der Waals surface area contributed by atoms with E-state index in [2.05, 4.69) is 9.55 Å². The number of Topliss-reactive ketones (excluding diaryl/α,β-unsaturated/α-hetero) is 1. The van der Waals surface area contributed by atoms with Crippen LogP contribution in [0.25, 0.3) is 11.0 Å². The number of pyridine rings is 2. The first-order chi connectivity index (χ1) is 15.8. The van der Waals surface area contributed by atoms with Crippen molar-refractivity contribution in [2.45, 2.75) is 59.7 Å². The largest absolute Gasteiger partial charge is 0.454 e. The number of hydrogen-bond donors (Lipinski definition) is 0. The summed E-state index contributed by atoms with van der Waals surface area (Å²) in [6, 6.07) is 5.21. The van der Waals surface area contributed by atoms with Gasteiger partial charge in [-0.25, -0.2) is 9.78 Å². The van der Waals surface area contributed by atoms with Gasteiger partial charge in [-0.1, -0.05) is 0 Å². The van der Waals surface area contributed by atoms with E-state index in [0.717, 1.165) is 36.5 Å². The smallest absolute Gasteiger partial charge is 0.344 e. The molecule has 0 bridgehead atoms. The summed E-state index contributed by atoms with van der Waals surface area (Å²) in [6.45, 7) is 9.15. The number of ether oxygens (including phenoxy) is 2. The lowest BCUT2D eigenvalue weighted by Gasteiger charge is -2.14. The Balaban J connectivity index is 1.52. The quantitative estimate of drug-likeness (QED) is 0.404. The first kappa shape index (κ1) is 22.9. The molecule has 8 heteroatoms. The predicted octanol–water partition coefficient (Wildman–Crippen LogP) is 3.36. The Bertz CT molecular complexity index is 1280. The number of fused-ring (bicyclic) bond motifs is 1. The number of nitrogens with zero attached hydrogens (tertiary/aromatic N) is 3. The summed E-state index contributed by atoms with van der Waals surface area (Å²) in [7, 11) is 0. The molecular formula is C25H29N3O5. The Hall–Kier alpha value is -3.26. The predicted molar refractivity (Wildman–Crippen MR) is 124 cm³/mol. The highest BCUT2D eigenvalue weighted by Crippen LogP contribution is 2.21. The van der Waals surface area contributed by atoms with Crippen molar-refractivity contribution in [3.63, 3.8) is 0 Å². The van der Waals surface area contributed by atoms with E-state index in [1.165, 1.54) is 6.20 Å². The summed E-state index contributed by atoms with van der Waals surface area (Å²) in [5, 5.41) is 0.348. The zero-order valence-corrected chi connectivity index (χ0v) is 19.5. The second-order valence-electron chi connectivity index (χ2n) is 8.51. The number of aryl methyl sites for hydroxylation is 3. The fraction of sp³-hybridized carbons (Fsp3) is 0.440. The third-order valence-corrected chi connectivity index (χ3v) is 6.24. The van der Waals surface area contributed by atoms with Crippen LogP contribution in [0.4, 0.5) is 0 Å². The van der Waals surface area contributed by atoms with Crippen molar-refractivity contribution in [1.29, 1.82) is 0 Å². The highest BCUT2D eigenvalue weighted by atomic mass is 16.5. The molecule has 3 aromatic rings. The van der Waals surface area contributed by atoms with Gasteiger partial charge in [-0.15, -0.1) is 0 Å². The van der Waals surface area contributed by atoms with Gasteiger partial charge >= 0.3 is 5.97 Å². The summed E-state index contributed by atoms with van der Waals surface area (Å²) in [4.78, 5) is 42.9. The van der Waals surface area contributed by atoms with Crippen LogP contribution in [0.15, 0.2) is 29.2 Å². The average molecular weight is 452 g/mol. The molecule has 0 aromatic carbocycles. The molecule has 3 aromatic heterocycles. The fourth-order valence-electron chi connectivity index (χ4n) is 4.39. The van der Waals surface area contributed by atoms with Gasteiger partial charge in [-0.3, -0.25) is 9.59 Å². The Morgan fingerprint density at radius 1 is 1.21 bits per heavy atom. The first-order valence-electron chi connectivity index (χ1n) is 11.3. The van der Waals surface area contributed by atoms with Crippen molar-refractivity contribution >= 4 is 22.8 Å². The van der Waals surface area contributed by atoms with Gasteiger partial charge in [-0.2, -0.15) is 0 Å². The van der Waals surface area contributed by atoms with E-state index >= 15 is 0 Å². The number of ketones is 1. The number of esters is 1. The monoisotopic (exact) mass is 451 g/mol. The average Bonchev–Trinajstić information content (AvgIpc) is 3.41. The van der Waals surface area contributed by atoms with Gasteiger partial charge in [0.1, 0.15) is 11.2 Å². The van der Waals surface area contributed by atoms with Crippen LogP contribution in [-0.2, 0) is 22.6 Å². The van der Waals surface area contributed by atoms with Gasteiger partial charge in [0.05, 0.1) is 11.5 Å². The molecule has 1 aliphatic rings. The van der Waals surface area contributed by atoms with Crippen molar-refractivity contribution in [3.8, 4) is 0 Å². The third-order valence-electron chi connectivity index (χ3n) is 6.24. The number of hydrogen-bond acceptors (Lipinski definition) is 6. The van der Waals surface area contributed by atoms with Crippen LogP contribution in [0.2, 0.25) is 0 Å². The van der Waals surface area contributed by atoms with Crippen LogP contribution in [0, 0.1) is 20.8 Å². The fourth-order valence-corrected chi connectivity index (χ4v) is 4.39. The van der Waals surface area contributed by atoms with Crippen molar-refractivity contribution < 1.29 is 19.1 Å². The Morgan fingerprint density at radius 2 is 2.00 bits per heavy atom. The Morgan fingerprint density at radius 3 is 2.70 bits per heavy atom. The topological polar surface area (TPSA) is 92.4 Å². The molecule has 8 nitrogen and oxygen atoms in total. The van der Waals surface area contributed by atoms with E-state index in [9.17, 15) is 14.4 Å². The summed E-state index contributed by atoms with van der Waals surface area (Å²) in [6.07, 6.45) is 3.67. The maximum Gasteiger partial charge on any atom is 0.344 e. The molecule has 1 unspecified atom stereocenters. The molecule has 174 valence electrons.